The van der Waals surface area contributed by atoms with Crippen LogP contribution in [0.5, 0.6) is 0 Å². The predicted molar refractivity (Wildman–Crippen MR) is 49.6 cm³/mol. The SMILES string of the molecule is CCC(O)(COC)Cc1nnn(C)n1. The summed E-state index contributed by atoms with van der Waals surface area (Å²) in [6, 6.07) is 0. The van der Waals surface area contributed by atoms with Gasteiger partial charge in [-0.3, -0.25) is 0 Å². The van der Waals surface area contributed by atoms with Gasteiger partial charge in [0.05, 0.1) is 19.3 Å². The first-order valence-electron chi connectivity index (χ1n) is 4.54. The van der Waals surface area contributed by atoms with Gasteiger partial charge in [-0.25, -0.2) is 0 Å². The molecular weight excluding hydrogens is 184 g/mol. The van der Waals surface area contributed by atoms with E-state index in [4.69, 9.17) is 4.74 Å². The second kappa shape index (κ2) is 4.47. The number of aliphatic hydroxyl groups is 1. The Kier molecular flexibility index (Phi) is 3.54. The number of tetrazole rings is 1. The fourth-order valence-electron chi connectivity index (χ4n) is 1.24. The first-order chi connectivity index (χ1) is 6.59. The zero-order valence-corrected chi connectivity index (χ0v) is 8.77. The Morgan fingerprint density at radius 1 is 1.57 bits per heavy atom. The van der Waals surface area contributed by atoms with Crippen LogP contribution in [-0.2, 0) is 18.2 Å². The van der Waals surface area contributed by atoms with E-state index < -0.39 is 5.60 Å². The molecule has 1 atom stereocenters. The monoisotopic (exact) mass is 200 g/mol. The van der Waals surface area contributed by atoms with E-state index in [9.17, 15) is 5.11 Å². The van der Waals surface area contributed by atoms with E-state index in [1.54, 1.807) is 14.2 Å². The zero-order valence-electron chi connectivity index (χ0n) is 8.77. The van der Waals surface area contributed by atoms with Crippen molar-refractivity contribution in [2.75, 3.05) is 13.7 Å². The van der Waals surface area contributed by atoms with Gasteiger partial charge < -0.3 is 9.84 Å². The molecule has 0 saturated heterocycles. The molecule has 0 bridgehead atoms. The van der Waals surface area contributed by atoms with Gasteiger partial charge in [-0.05, 0) is 11.6 Å². The highest BCUT2D eigenvalue weighted by Gasteiger charge is 2.27. The Morgan fingerprint density at radius 3 is 2.71 bits per heavy atom. The highest BCUT2D eigenvalue weighted by atomic mass is 16.5. The summed E-state index contributed by atoms with van der Waals surface area (Å²) in [6.45, 7) is 2.18. The van der Waals surface area contributed by atoms with E-state index in [1.807, 2.05) is 6.92 Å². The summed E-state index contributed by atoms with van der Waals surface area (Å²) in [4.78, 5) is 1.37. The molecule has 14 heavy (non-hydrogen) atoms. The van der Waals surface area contributed by atoms with Gasteiger partial charge in [-0.15, -0.1) is 10.2 Å². The van der Waals surface area contributed by atoms with Crippen molar-refractivity contribution in [2.24, 2.45) is 7.05 Å². The first kappa shape index (κ1) is 11.1. The molecule has 1 N–H and O–H groups in total. The molecule has 1 aromatic rings. The topological polar surface area (TPSA) is 73.1 Å². The minimum absolute atomic E-state index is 0.280. The second-order valence-electron chi connectivity index (χ2n) is 3.38. The molecule has 0 aromatic carbocycles. The Balaban J connectivity index is 2.64. The number of ether oxygens (including phenoxy) is 1. The van der Waals surface area contributed by atoms with Crippen LogP contribution in [0.2, 0.25) is 0 Å². The Labute approximate surface area is 82.9 Å². The maximum Gasteiger partial charge on any atom is 0.177 e. The van der Waals surface area contributed by atoms with Crippen LogP contribution in [0.15, 0.2) is 0 Å². The average Bonchev–Trinajstić information content (AvgIpc) is 2.51. The van der Waals surface area contributed by atoms with E-state index >= 15 is 0 Å². The molecule has 0 radical (unpaired) electrons. The third-order valence-corrected chi connectivity index (χ3v) is 2.11. The summed E-state index contributed by atoms with van der Waals surface area (Å²) in [5.41, 5.74) is -0.891. The van der Waals surface area contributed by atoms with Gasteiger partial charge in [-0.1, -0.05) is 6.92 Å². The Morgan fingerprint density at radius 2 is 2.29 bits per heavy atom. The number of methoxy groups -OCH3 is 1. The molecule has 80 valence electrons. The van der Waals surface area contributed by atoms with E-state index in [2.05, 4.69) is 15.4 Å². The van der Waals surface area contributed by atoms with Crippen molar-refractivity contribution in [1.82, 2.24) is 20.2 Å². The van der Waals surface area contributed by atoms with Gasteiger partial charge in [-0.2, -0.15) is 4.80 Å². The smallest absolute Gasteiger partial charge is 0.177 e. The molecule has 0 saturated carbocycles. The van der Waals surface area contributed by atoms with E-state index in [0.29, 0.717) is 18.7 Å². The van der Waals surface area contributed by atoms with Crippen molar-refractivity contribution in [1.29, 1.82) is 0 Å². The summed E-state index contributed by atoms with van der Waals surface area (Å²) in [5, 5.41) is 21.6. The second-order valence-corrected chi connectivity index (χ2v) is 3.38. The molecule has 1 unspecified atom stereocenters. The van der Waals surface area contributed by atoms with Gasteiger partial charge in [0.15, 0.2) is 5.82 Å². The number of nitrogens with zero attached hydrogens (tertiary/aromatic N) is 4. The molecule has 0 fully saturated rings. The fourth-order valence-corrected chi connectivity index (χ4v) is 1.24. The first-order valence-corrected chi connectivity index (χ1v) is 4.54. The van der Waals surface area contributed by atoms with Crippen molar-refractivity contribution in [3.8, 4) is 0 Å². The Hall–Kier alpha value is -1.01. The van der Waals surface area contributed by atoms with Crippen molar-refractivity contribution >= 4 is 0 Å². The molecule has 1 rings (SSSR count). The molecule has 6 nitrogen and oxygen atoms in total. The molecule has 1 heterocycles. The maximum absolute atomic E-state index is 10.0. The predicted octanol–water partition coefficient (Wildman–Crippen LogP) is -0.460. The van der Waals surface area contributed by atoms with Crippen LogP contribution in [0, 0.1) is 0 Å². The van der Waals surface area contributed by atoms with E-state index in [1.165, 1.54) is 4.80 Å². The molecule has 6 heteroatoms. The van der Waals surface area contributed by atoms with Crippen molar-refractivity contribution in [2.45, 2.75) is 25.4 Å². The molecule has 0 aliphatic heterocycles. The van der Waals surface area contributed by atoms with Crippen LogP contribution in [-0.4, -0.2) is 44.6 Å². The van der Waals surface area contributed by atoms with Crippen LogP contribution >= 0.6 is 0 Å². The highest BCUT2D eigenvalue weighted by molar-refractivity contribution is 4.90. The van der Waals surface area contributed by atoms with E-state index in [0.717, 1.165) is 0 Å². The minimum atomic E-state index is -0.891. The molecule has 0 amide bonds. The van der Waals surface area contributed by atoms with Crippen LogP contribution in [0.25, 0.3) is 0 Å². The quantitative estimate of drug-likeness (QED) is 0.696. The highest BCUT2D eigenvalue weighted by Crippen LogP contribution is 2.14. The lowest BCUT2D eigenvalue weighted by Gasteiger charge is -2.23. The van der Waals surface area contributed by atoms with Gasteiger partial charge in [0.1, 0.15) is 0 Å². The molecule has 0 aliphatic carbocycles. The van der Waals surface area contributed by atoms with Gasteiger partial charge >= 0.3 is 0 Å². The summed E-state index contributed by atoms with van der Waals surface area (Å²) < 4.78 is 4.94. The maximum atomic E-state index is 10.0. The van der Waals surface area contributed by atoms with Gasteiger partial charge in [0.25, 0.3) is 0 Å². The largest absolute Gasteiger partial charge is 0.387 e. The van der Waals surface area contributed by atoms with Gasteiger partial charge in [0, 0.05) is 13.5 Å². The molecule has 0 spiro atoms. The Bertz CT molecular complexity index is 289. The fraction of sp³-hybridized carbons (Fsp3) is 0.875. The standard InChI is InChI=1S/C8H16N4O2/c1-4-8(13,6-14-3)5-7-9-11-12(2)10-7/h13H,4-6H2,1-3H3. The summed E-state index contributed by atoms with van der Waals surface area (Å²) in [7, 11) is 3.25. The number of aryl methyl sites for hydroxylation is 1. The minimum Gasteiger partial charge on any atom is -0.387 e. The summed E-state index contributed by atoms with van der Waals surface area (Å²) in [5.74, 6) is 0.536. The van der Waals surface area contributed by atoms with Crippen LogP contribution in [0.1, 0.15) is 19.2 Å². The average molecular weight is 200 g/mol. The lowest BCUT2D eigenvalue weighted by Crippen LogP contribution is -2.36. The molecule has 1 aromatic heterocycles. The number of hydrogen-bond donors (Lipinski definition) is 1. The van der Waals surface area contributed by atoms with Crippen molar-refractivity contribution in [3.05, 3.63) is 5.82 Å². The number of hydrogen-bond acceptors (Lipinski definition) is 5. The van der Waals surface area contributed by atoms with E-state index in [-0.39, 0.29) is 6.61 Å². The number of rotatable bonds is 5. The normalized spacial score (nSPS) is 15.4. The summed E-state index contributed by atoms with van der Waals surface area (Å²) in [6.07, 6.45) is 0.963. The third kappa shape index (κ3) is 2.74. The van der Waals surface area contributed by atoms with Crippen LogP contribution in [0.4, 0.5) is 0 Å². The van der Waals surface area contributed by atoms with Crippen LogP contribution < -0.4 is 0 Å². The summed E-state index contributed by atoms with van der Waals surface area (Å²) >= 11 is 0. The molecular formula is C8H16N4O2. The van der Waals surface area contributed by atoms with Crippen LogP contribution in [0.3, 0.4) is 0 Å². The zero-order chi connectivity index (χ0) is 10.6. The molecule has 0 aliphatic rings. The lowest BCUT2D eigenvalue weighted by molar-refractivity contribution is -0.0346. The third-order valence-electron chi connectivity index (χ3n) is 2.11. The van der Waals surface area contributed by atoms with Crippen molar-refractivity contribution < 1.29 is 9.84 Å². The van der Waals surface area contributed by atoms with Crippen molar-refractivity contribution in [3.63, 3.8) is 0 Å². The lowest BCUT2D eigenvalue weighted by atomic mass is 9.97. The number of aromatic nitrogens is 4. The van der Waals surface area contributed by atoms with Gasteiger partial charge in [0.2, 0.25) is 0 Å².